The summed E-state index contributed by atoms with van der Waals surface area (Å²) in [6.07, 6.45) is 0.805. The van der Waals surface area contributed by atoms with Gasteiger partial charge in [-0.3, -0.25) is 9.59 Å². The monoisotopic (exact) mass is 445 g/mol. The lowest BCUT2D eigenvalue weighted by atomic mass is 9.90. The Balaban J connectivity index is 1.75. The van der Waals surface area contributed by atoms with Gasteiger partial charge in [-0.2, -0.15) is 0 Å². The number of methoxy groups -OCH3 is 1. The second-order valence-electron chi connectivity index (χ2n) is 9.27. The minimum atomic E-state index is -1.11. The molecule has 1 aromatic carbocycles. The molecule has 0 spiro atoms. The highest BCUT2D eigenvalue weighted by Gasteiger charge is 2.58. The Hall–Kier alpha value is -3.10. The number of benzene rings is 1. The molecule has 0 bridgehead atoms. The molecule has 0 radical (unpaired) electrons. The molecule has 174 valence electrons. The number of alkyl carbamates (subject to hydrolysis) is 1. The topological polar surface area (TPSA) is 114 Å². The number of rotatable bonds is 6. The Kier molecular flexibility index (Phi) is 6.76. The Morgan fingerprint density at radius 3 is 2.53 bits per heavy atom. The summed E-state index contributed by atoms with van der Waals surface area (Å²) in [5.41, 5.74) is -0.946. The van der Waals surface area contributed by atoms with Crippen LogP contribution in [0.3, 0.4) is 0 Å². The van der Waals surface area contributed by atoms with Gasteiger partial charge in [0.15, 0.2) is 0 Å². The molecule has 2 heterocycles. The van der Waals surface area contributed by atoms with Crippen molar-refractivity contribution >= 4 is 23.9 Å². The van der Waals surface area contributed by atoms with Gasteiger partial charge < -0.3 is 25.0 Å². The minimum absolute atomic E-state index is 0.121. The first kappa shape index (κ1) is 23.6. The van der Waals surface area contributed by atoms with E-state index in [0.717, 1.165) is 5.56 Å². The number of esters is 1. The molecule has 3 amide bonds. The molecule has 9 heteroatoms. The van der Waals surface area contributed by atoms with Crippen molar-refractivity contribution in [2.75, 3.05) is 13.7 Å². The molecule has 32 heavy (non-hydrogen) atoms. The van der Waals surface area contributed by atoms with Crippen molar-refractivity contribution in [2.24, 2.45) is 0 Å². The Morgan fingerprint density at radius 1 is 1.22 bits per heavy atom. The van der Waals surface area contributed by atoms with Crippen LogP contribution in [0, 0.1) is 0 Å². The average Bonchev–Trinajstić information content (AvgIpc) is 3.25. The van der Waals surface area contributed by atoms with Crippen LogP contribution >= 0.6 is 0 Å². The maximum absolute atomic E-state index is 13.4. The highest BCUT2D eigenvalue weighted by molar-refractivity contribution is 6.00. The number of amides is 3. The molecule has 2 fully saturated rings. The molecule has 0 aliphatic carbocycles. The number of carbonyl (C=O) groups excluding carboxylic acids is 4. The third-order valence-corrected chi connectivity index (χ3v) is 5.78. The van der Waals surface area contributed by atoms with Crippen molar-refractivity contribution in [3.8, 4) is 0 Å². The first-order valence-corrected chi connectivity index (χ1v) is 10.8. The van der Waals surface area contributed by atoms with E-state index >= 15 is 0 Å². The van der Waals surface area contributed by atoms with Crippen LogP contribution in [-0.4, -0.2) is 65.7 Å². The highest BCUT2D eigenvalue weighted by atomic mass is 16.6. The van der Waals surface area contributed by atoms with E-state index in [2.05, 4.69) is 10.6 Å². The second-order valence-corrected chi connectivity index (χ2v) is 9.27. The zero-order chi connectivity index (χ0) is 23.5. The molecule has 3 rings (SSSR count). The van der Waals surface area contributed by atoms with E-state index in [9.17, 15) is 19.2 Å². The maximum Gasteiger partial charge on any atom is 0.408 e. The zero-order valence-electron chi connectivity index (χ0n) is 19.0. The van der Waals surface area contributed by atoms with Crippen LogP contribution < -0.4 is 10.6 Å². The smallest absolute Gasteiger partial charge is 0.408 e. The van der Waals surface area contributed by atoms with Gasteiger partial charge in [-0.1, -0.05) is 30.3 Å². The number of nitrogens with zero attached hydrogens (tertiary/aromatic N) is 1. The van der Waals surface area contributed by atoms with E-state index in [4.69, 9.17) is 9.47 Å². The van der Waals surface area contributed by atoms with Crippen LogP contribution in [0.1, 0.15) is 45.6 Å². The normalized spacial score (nSPS) is 23.3. The third kappa shape index (κ3) is 5.03. The van der Waals surface area contributed by atoms with Crippen LogP contribution in [0.15, 0.2) is 30.3 Å². The highest BCUT2D eigenvalue weighted by Crippen LogP contribution is 2.40. The van der Waals surface area contributed by atoms with Gasteiger partial charge in [-0.25, -0.2) is 9.59 Å². The van der Waals surface area contributed by atoms with Gasteiger partial charge in [0.05, 0.1) is 7.11 Å². The van der Waals surface area contributed by atoms with E-state index in [1.54, 1.807) is 20.8 Å². The quantitative estimate of drug-likeness (QED) is 0.642. The fourth-order valence-electron chi connectivity index (χ4n) is 4.39. The predicted molar refractivity (Wildman–Crippen MR) is 116 cm³/mol. The van der Waals surface area contributed by atoms with Crippen LogP contribution in [0.25, 0.3) is 0 Å². The zero-order valence-corrected chi connectivity index (χ0v) is 19.0. The summed E-state index contributed by atoms with van der Waals surface area (Å²) in [7, 11) is 1.27. The second kappa shape index (κ2) is 9.18. The van der Waals surface area contributed by atoms with Crippen molar-refractivity contribution in [1.82, 2.24) is 15.5 Å². The van der Waals surface area contributed by atoms with E-state index in [-0.39, 0.29) is 18.7 Å². The van der Waals surface area contributed by atoms with Gasteiger partial charge >= 0.3 is 12.1 Å². The van der Waals surface area contributed by atoms with Crippen molar-refractivity contribution in [3.63, 3.8) is 0 Å². The minimum Gasteiger partial charge on any atom is -0.467 e. The number of hydrogen-bond donors (Lipinski definition) is 2. The van der Waals surface area contributed by atoms with Crippen LogP contribution in [0.4, 0.5) is 4.79 Å². The molecular formula is C23H31N3O6. The fourth-order valence-corrected chi connectivity index (χ4v) is 4.39. The van der Waals surface area contributed by atoms with E-state index in [0.29, 0.717) is 19.4 Å². The van der Waals surface area contributed by atoms with Crippen LogP contribution in [-0.2, 0) is 30.3 Å². The van der Waals surface area contributed by atoms with Gasteiger partial charge in [0.25, 0.3) is 0 Å². The van der Waals surface area contributed by atoms with Gasteiger partial charge in [0.1, 0.15) is 23.2 Å². The lowest BCUT2D eigenvalue weighted by Crippen LogP contribution is -2.57. The van der Waals surface area contributed by atoms with Gasteiger partial charge in [0.2, 0.25) is 11.8 Å². The molecule has 9 nitrogen and oxygen atoms in total. The molecule has 2 saturated heterocycles. The molecule has 2 N–H and O–H groups in total. The van der Waals surface area contributed by atoms with Crippen molar-refractivity contribution in [1.29, 1.82) is 0 Å². The van der Waals surface area contributed by atoms with E-state index in [1.807, 2.05) is 30.3 Å². The number of nitrogens with one attached hydrogen (secondary N) is 2. The first-order chi connectivity index (χ1) is 15.1. The maximum atomic E-state index is 13.4. The van der Waals surface area contributed by atoms with Gasteiger partial charge in [0, 0.05) is 19.4 Å². The molecule has 0 aromatic heterocycles. The lowest BCUT2D eigenvalue weighted by molar-refractivity contribution is -0.147. The third-order valence-electron chi connectivity index (χ3n) is 5.78. The van der Waals surface area contributed by atoms with Crippen LogP contribution in [0.2, 0.25) is 0 Å². The molecule has 0 saturated carbocycles. The van der Waals surface area contributed by atoms with E-state index in [1.165, 1.54) is 12.0 Å². The van der Waals surface area contributed by atoms with E-state index < -0.39 is 41.2 Å². The summed E-state index contributed by atoms with van der Waals surface area (Å²) in [5.74, 6) is -1.29. The van der Waals surface area contributed by atoms with Crippen LogP contribution in [0.5, 0.6) is 0 Å². The summed E-state index contributed by atoms with van der Waals surface area (Å²) in [6.45, 7) is 5.61. The average molecular weight is 446 g/mol. The predicted octanol–water partition coefficient (Wildman–Crippen LogP) is 1.55. The van der Waals surface area contributed by atoms with Gasteiger partial charge in [-0.05, 0) is 39.2 Å². The Labute approximate surface area is 187 Å². The molecule has 1 aromatic rings. The summed E-state index contributed by atoms with van der Waals surface area (Å²) in [5, 5.41) is 5.40. The van der Waals surface area contributed by atoms with Crippen molar-refractivity contribution < 1.29 is 28.7 Å². The van der Waals surface area contributed by atoms with Gasteiger partial charge in [-0.15, -0.1) is 0 Å². The first-order valence-electron chi connectivity index (χ1n) is 10.8. The fraction of sp³-hybridized carbons (Fsp3) is 0.565. The lowest BCUT2D eigenvalue weighted by Gasteiger charge is -2.31. The standard InChI is InChI=1S/C23H31N3O6/c1-22(2,3)32-21(30)25-17-14-23(11-8-12-26(23)18(17)27)20(29)24-16(19(28)31-4)13-15-9-6-5-7-10-15/h5-7,9-10,16-17H,8,11-14H2,1-4H3,(H,24,29)(H,25,30)/t16-,17+,23+/m0/s1. The molecule has 3 atom stereocenters. The SMILES string of the molecule is COC(=O)[C@H](Cc1ccccc1)NC(=O)[C@]12CCCN1C(=O)[C@H](NC(=O)OC(C)(C)C)C2. The summed E-state index contributed by atoms with van der Waals surface area (Å²) in [4.78, 5) is 52.5. The summed E-state index contributed by atoms with van der Waals surface area (Å²) in [6, 6.07) is 7.55. The largest absolute Gasteiger partial charge is 0.467 e. The Morgan fingerprint density at radius 2 is 1.91 bits per heavy atom. The molecule has 2 aliphatic heterocycles. The number of hydrogen-bond acceptors (Lipinski definition) is 6. The Bertz CT molecular complexity index is 881. The number of carbonyl (C=O) groups is 4. The molecule has 2 aliphatic rings. The molecular weight excluding hydrogens is 414 g/mol. The number of ether oxygens (including phenoxy) is 2. The number of fused-ring (bicyclic) bond motifs is 1. The molecule has 0 unspecified atom stereocenters. The van der Waals surface area contributed by atoms with Crippen molar-refractivity contribution in [2.45, 2.75) is 69.7 Å². The van der Waals surface area contributed by atoms with Crippen molar-refractivity contribution in [3.05, 3.63) is 35.9 Å². The summed E-state index contributed by atoms with van der Waals surface area (Å²) >= 11 is 0. The summed E-state index contributed by atoms with van der Waals surface area (Å²) < 4.78 is 10.1.